The van der Waals surface area contributed by atoms with E-state index in [0.717, 1.165) is 0 Å². The molecule has 0 aromatic heterocycles. The van der Waals surface area contributed by atoms with E-state index in [-0.39, 0.29) is 11.3 Å². The Labute approximate surface area is 106 Å². The molecule has 2 atom stereocenters. The maximum Gasteiger partial charge on any atom is 0.327 e. The average Bonchev–Trinajstić information content (AvgIpc) is 2.45. The number of rotatable bonds is 1. The monoisotopic (exact) mass is 425 g/mol. The molecule has 1 amide bonds. The lowest BCUT2D eigenvalue weighted by atomic mass is 10.1. The summed E-state index contributed by atoms with van der Waals surface area (Å²) in [4.78, 5) is 23.7. The summed E-state index contributed by atoms with van der Waals surface area (Å²) in [7, 11) is 0. The fraction of sp³-hybridized carbons (Fsp3) is 0.667. The number of halogens is 2. The SMILES string of the molecule is O=C(O)C1CS[C@H]2N1C(=O)C2(I)I. The van der Waals surface area contributed by atoms with Crippen LogP contribution in [-0.2, 0) is 9.59 Å². The van der Waals surface area contributed by atoms with Crippen LogP contribution < -0.4 is 0 Å². The van der Waals surface area contributed by atoms with Crippen LogP contribution in [0.25, 0.3) is 0 Å². The van der Waals surface area contributed by atoms with Crippen molar-refractivity contribution in [2.24, 2.45) is 0 Å². The number of alkyl halides is 2. The Morgan fingerprint density at radius 2 is 2.31 bits per heavy atom. The van der Waals surface area contributed by atoms with Crippen molar-refractivity contribution < 1.29 is 14.7 Å². The normalized spacial score (nSPS) is 35.5. The first-order valence-electron chi connectivity index (χ1n) is 3.51. The molecule has 0 saturated carbocycles. The molecule has 13 heavy (non-hydrogen) atoms. The third kappa shape index (κ3) is 1.29. The molecule has 72 valence electrons. The summed E-state index contributed by atoms with van der Waals surface area (Å²) in [5.41, 5.74) is 0. The Balaban J connectivity index is 2.22. The van der Waals surface area contributed by atoms with Crippen LogP contribution in [0.5, 0.6) is 0 Å². The Kier molecular flexibility index (Phi) is 2.47. The van der Waals surface area contributed by atoms with Gasteiger partial charge in [-0.25, -0.2) is 4.79 Å². The molecule has 2 saturated heterocycles. The molecule has 0 spiro atoms. The zero-order valence-electron chi connectivity index (χ0n) is 6.24. The molecule has 0 aromatic carbocycles. The Morgan fingerprint density at radius 3 is 2.85 bits per heavy atom. The molecule has 0 radical (unpaired) electrons. The number of carboxylic acids is 1. The number of carbonyl (C=O) groups excluding carboxylic acids is 1. The fourth-order valence-electron chi connectivity index (χ4n) is 1.44. The van der Waals surface area contributed by atoms with Crippen LogP contribution in [0, 0.1) is 0 Å². The van der Waals surface area contributed by atoms with Crippen LogP contribution in [0.2, 0.25) is 0 Å². The van der Waals surface area contributed by atoms with E-state index < -0.39 is 13.4 Å². The molecule has 2 aliphatic heterocycles. The van der Waals surface area contributed by atoms with Gasteiger partial charge in [0.1, 0.15) is 11.4 Å². The van der Waals surface area contributed by atoms with Crippen LogP contribution in [0.4, 0.5) is 0 Å². The largest absolute Gasteiger partial charge is 0.480 e. The van der Waals surface area contributed by atoms with Gasteiger partial charge in [-0.1, -0.05) is 45.2 Å². The minimum Gasteiger partial charge on any atom is -0.480 e. The molecule has 1 N–H and O–H groups in total. The molecule has 7 heteroatoms. The summed E-state index contributed by atoms with van der Waals surface area (Å²) in [6.07, 6.45) is 0. The van der Waals surface area contributed by atoms with Crippen molar-refractivity contribution in [3.63, 3.8) is 0 Å². The van der Waals surface area contributed by atoms with E-state index in [1.807, 2.05) is 0 Å². The minimum atomic E-state index is -0.897. The van der Waals surface area contributed by atoms with Gasteiger partial charge in [0.2, 0.25) is 0 Å². The van der Waals surface area contributed by atoms with Crippen LogP contribution in [0.15, 0.2) is 0 Å². The number of nitrogens with zero attached hydrogens (tertiary/aromatic N) is 1. The van der Waals surface area contributed by atoms with Gasteiger partial charge in [0.05, 0.1) is 0 Å². The van der Waals surface area contributed by atoms with Gasteiger partial charge in [-0.05, 0) is 0 Å². The third-order valence-corrected chi connectivity index (χ3v) is 6.47. The highest BCUT2D eigenvalue weighted by molar-refractivity contribution is 14.2. The number of thioether (sulfide) groups is 1. The Bertz CT molecular complexity index is 296. The van der Waals surface area contributed by atoms with E-state index in [9.17, 15) is 9.59 Å². The van der Waals surface area contributed by atoms with Gasteiger partial charge >= 0.3 is 5.97 Å². The van der Waals surface area contributed by atoms with Crippen LogP contribution in [0.1, 0.15) is 0 Å². The first kappa shape index (κ1) is 10.3. The van der Waals surface area contributed by atoms with Gasteiger partial charge in [0.15, 0.2) is 1.43 Å². The lowest BCUT2D eigenvalue weighted by Gasteiger charge is -2.46. The highest BCUT2D eigenvalue weighted by Gasteiger charge is 2.64. The number of carboxylic acid groups (broad SMARTS) is 1. The van der Waals surface area contributed by atoms with Gasteiger partial charge < -0.3 is 10.0 Å². The van der Waals surface area contributed by atoms with E-state index in [1.165, 1.54) is 4.90 Å². The predicted octanol–water partition coefficient (Wildman–Crippen LogP) is 0.921. The zero-order chi connectivity index (χ0) is 9.80. The smallest absolute Gasteiger partial charge is 0.327 e. The van der Waals surface area contributed by atoms with Gasteiger partial charge in [-0.3, -0.25) is 4.79 Å². The lowest BCUT2D eigenvalue weighted by molar-refractivity contribution is -0.154. The highest BCUT2D eigenvalue weighted by Crippen LogP contribution is 2.54. The van der Waals surface area contributed by atoms with Crippen molar-refractivity contribution in [2.75, 3.05) is 5.75 Å². The van der Waals surface area contributed by atoms with E-state index in [2.05, 4.69) is 45.2 Å². The van der Waals surface area contributed by atoms with Gasteiger partial charge in [-0.15, -0.1) is 11.8 Å². The van der Waals surface area contributed by atoms with Crippen molar-refractivity contribution in [1.29, 1.82) is 0 Å². The maximum absolute atomic E-state index is 11.5. The second-order valence-corrected chi connectivity index (χ2v) is 9.46. The van der Waals surface area contributed by atoms with E-state index >= 15 is 0 Å². The highest BCUT2D eigenvalue weighted by atomic mass is 127. The van der Waals surface area contributed by atoms with Crippen molar-refractivity contribution in [2.45, 2.75) is 12.8 Å². The number of hydrogen-bond acceptors (Lipinski definition) is 3. The second kappa shape index (κ2) is 3.12. The molecule has 0 bridgehead atoms. The van der Waals surface area contributed by atoms with Crippen LogP contribution in [0.3, 0.4) is 0 Å². The summed E-state index contributed by atoms with van der Waals surface area (Å²) < 4.78 is -0.426. The first-order chi connectivity index (χ1) is 5.96. The number of carbonyl (C=O) groups is 2. The van der Waals surface area contributed by atoms with Crippen LogP contribution in [-0.4, -0.2) is 40.5 Å². The number of aliphatic carboxylic acids is 1. The number of amides is 1. The summed E-state index contributed by atoms with van der Waals surface area (Å²) in [5.74, 6) is -0.442. The van der Waals surface area contributed by atoms with Crippen LogP contribution >= 0.6 is 56.9 Å². The molecule has 0 aromatic rings. The molecule has 2 rings (SSSR count). The van der Waals surface area contributed by atoms with E-state index in [4.69, 9.17) is 5.11 Å². The van der Waals surface area contributed by atoms with E-state index in [1.54, 1.807) is 11.8 Å². The topological polar surface area (TPSA) is 57.6 Å². The van der Waals surface area contributed by atoms with Gasteiger partial charge in [0, 0.05) is 5.75 Å². The quantitative estimate of drug-likeness (QED) is 0.386. The molecular formula is C6H5I2NO3S. The standard InChI is InChI=1S/C6H5I2NO3S/c7-6(8)4(12)9-2(3(10)11)1-13-5(6)9/h2,5H,1H2,(H,10,11)/t2?,5-/m1/s1. The maximum atomic E-state index is 11.5. The zero-order valence-corrected chi connectivity index (χ0v) is 11.4. The van der Waals surface area contributed by atoms with E-state index in [0.29, 0.717) is 5.75 Å². The van der Waals surface area contributed by atoms with Crippen molar-refractivity contribution in [3.05, 3.63) is 0 Å². The second-order valence-electron chi connectivity index (χ2n) is 2.88. The average molecular weight is 425 g/mol. The molecule has 2 aliphatic rings. The number of fused-ring (bicyclic) bond motifs is 1. The lowest BCUT2D eigenvalue weighted by Crippen LogP contribution is -2.67. The van der Waals surface area contributed by atoms with Crippen molar-refractivity contribution >= 4 is 68.8 Å². The minimum absolute atomic E-state index is 0.0438. The summed E-state index contributed by atoms with van der Waals surface area (Å²) in [6.45, 7) is 0. The molecule has 2 heterocycles. The first-order valence-corrected chi connectivity index (χ1v) is 6.72. The third-order valence-electron chi connectivity index (χ3n) is 2.12. The summed E-state index contributed by atoms with van der Waals surface area (Å²) in [6, 6.07) is -0.611. The predicted molar refractivity (Wildman–Crippen MR) is 65.3 cm³/mol. The Morgan fingerprint density at radius 1 is 1.69 bits per heavy atom. The van der Waals surface area contributed by atoms with Gasteiger partial charge in [-0.2, -0.15) is 0 Å². The molecule has 4 nitrogen and oxygen atoms in total. The van der Waals surface area contributed by atoms with Crippen molar-refractivity contribution in [1.82, 2.24) is 4.90 Å². The molecular weight excluding hydrogens is 420 g/mol. The summed E-state index contributed by atoms with van der Waals surface area (Å²) in [5, 5.41) is 8.85. The summed E-state index contributed by atoms with van der Waals surface area (Å²) >= 11 is 5.72. The van der Waals surface area contributed by atoms with Gasteiger partial charge in [0.25, 0.3) is 5.91 Å². The molecule has 2 fully saturated rings. The molecule has 0 aliphatic carbocycles. The number of hydrogen-bond donors (Lipinski definition) is 1. The van der Waals surface area contributed by atoms with Crippen molar-refractivity contribution in [3.8, 4) is 0 Å². The fourth-order valence-corrected chi connectivity index (χ4v) is 5.05. The number of β-lactam (4-membered cyclic amide) rings is 1. The molecule has 1 unspecified atom stereocenters. The Hall–Kier alpha value is 0.750.